The molecule has 1 aliphatic heterocycles. The van der Waals surface area contributed by atoms with E-state index in [9.17, 15) is 13.2 Å². The van der Waals surface area contributed by atoms with Crippen LogP contribution in [0.2, 0.25) is 25.7 Å². The van der Waals surface area contributed by atoms with E-state index in [1.165, 1.54) is 0 Å². The van der Waals surface area contributed by atoms with E-state index in [2.05, 4.69) is 56.8 Å². The summed E-state index contributed by atoms with van der Waals surface area (Å²) in [6, 6.07) is 0.924. The van der Waals surface area contributed by atoms with Gasteiger partial charge in [0.1, 0.15) is 11.3 Å². The van der Waals surface area contributed by atoms with Gasteiger partial charge < -0.3 is 15.0 Å². The Kier molecular flexibility index (Phi) is 5.80. The van der Waals surface area contributed by atoms with Gasteiger partial charge in [-0.2, -0.15) is 13.2 Å². The second-order valence-electron chi connectivity index (χ2n) is 5.46. The Morgan fingerprint density at radius 1 is 1.37 bits per heavy atom. The first-order valence-electron chi connectivity index (χ1n) is 5.74. The van der Waals surface area contributed by atoms with Crippen molar-refractivity contribution in [2.75, 3.05) is 13.3 Å². The molecular formula is C10H17Br2F3N2OSi. The highest BCUT2D eigenvalue weighted by molar-refractivity contribution is 9.12. The molecule has 0 bridgehead atoms. The molecule has 0 aromatic carbocycles. The lowest BCUT2D eigenvalue weighted by Gasteiger charge is -2.26. The molecule has 0 saturated heterocycles. The maximum absolute atomic E-state index is 12.9. The van der Waals surface area contributed by atoms with Crippen molar-refractivity contribution < 1.29 is 17.9 Å². The molecule has 0 aliphatic carbocycles. The van der Waals surface area contributed by atoms with Crippen LogP contribution in [0, 0.1) is 0 Å². The summed E-state index contributed by atoms with van der Waals surface area (Å²) in [5, 5.41) is 2.01. The fourth-order valence-corrected chi connectivity index (χ4v) is 3.73. The Hall–Kier alpha value is 0.267. The lowest BCUT2D eigenvalue weighted by molar-refractivity contribution is -0.118. The highest BCUT2D eigenvalue weighted by atomic mass is 79.9. The normalized spacial score (nSPS) is 21.1. The predicted molar refractivity (Wildman–Crippen MR) is 78.7 cm³/mol. The highest BCUT2D eigenvalue weighted by Crippen LogP contribution is 2.38. The summed E-state index contributed by atoms with van der Waals surface area (Å²) in [5.74, 6) is 0. The zero-order valence-corrected chi connectivity index (χ0v) is 15.1. The van der Waals surface area contributed by atoms with Gasteiger partial charge in [0.05, 0.1) is 0 Å². The van der Waals surface area contributed by atoms with Gasteiger partial charge in [-0.05, 0) is 37.9 Å². The van der Waals surface area contributed by atoms with Crippen molar-refractivity contribution in [3.8, 4) is 0 Å². The molecule has 1 N–H and O–H groups in total. The largest absolute Gasteiger partial charge is 0.433 e. The van der Waals surface area contributed by atoms with E-state index in [1.807, 2.05) is 0 Å². The molecule has 19 heavy (non-hydrogen) atoms. The maximum atomic E-state index is 12.9. The third-order valence-electron chi connectivity index (χ3n) is 2.51. The summed E-state index contributed by atoms with van der Waals surface area (Å²) >= 11 is 6.03. The zero-order chi connectivity index (χ0) is 14.8. The Morgan fingerprint density at radius 3 is 2.42 bits per heavy atom. The van der Waals surface area contributed by atoms with Crippen LogP contribution in [0.1, 0.15) is 0 Å². The fourth-order valence-electron chi connectivity index (χ4n) is 1.45. The molecule has 3 nitrogen and oxygen atoms in total. The third-order valence-corrected chi connectivity index (χ3v) is 5.54. The van der Waals surface area contributed by atoms with Gasteiger partial charge in [-0.3, -0.25) is 0 Å². The molecule has 0 radical (unpaired) electrons. The standard InChI is InChI=1S/C10H17Br2F3N2OSi/c1-19(2,3)5-4-18-6-17-7(10(13,14)15)8(11)16-9(17)12/h9,16H,4-6H2,1-3H3. The van der Waals surface area contributed by atoms with Crippen LogP contribution in [0.3, 0.4) is 0 Å². The molecule has 1 heterocycles. The van der Waals surface area contributed by atoms with Gasteiger partial charge in [0, 0.05) is 14.7 Å². The molecule has 0 saturated carbocycles. The first-order valence-corrected chi connectivity index (χ1v) is 11.2. The van der Waals surface area contributed by atoms with E-state index >= 15 is 0 Å². The van der Waals surface area contributed by atoms with Gasteiger partial charge in [-0.25, -0.2) is 0 Å². The van der Waals surface area contributed by atoms with E-state index < -0.39 is 25.0 Å². The number of nitrogens with one attached hydrogen (secondary N) is 1. The highest BCUT2D eigenvalue weighted by Gasteiger charge is 2.45. The summed E-state index contributed by atoms with van der Waals surface area (Å²) in [6.07, 6.45) is -4.42. The van der Waals surface area contributed by atoms with E-state index in [1.54, 1.807) is 0 Å². The average molecular weight is 426 g/mol. The summed E-state index contributed by atoms with van der Waals surface area (Å²) in [5.41, 5.74) is -0.748. The summed E-state index contributed by atoms with van der Waals surface area (Å²) < 4.78 is 44.0. The second kappa shape index (κ2) is 6.36. The Labute approximate surface area is 128 Å². The molecule has 0 aromatic heterocycles. The smallest absolute Gasteiger partial charge is 0.361 e. The number of alkyl halides is 4. The molecule has 1 rings (SSSR count). The van der Waals surface area contributed by atoms with Gasteiger partial charge >= 0.3 is 6.18 Å². The van der Waals surface area contributed by atoms with E-state index in [0.29, 0.717) is 6.61 Å². The minimum atomic E-state index is -4.42. The predicted octanol–water partition coefficient (Wildman–Crippen LogP) is 4.01. The topological polar surface area (TPSA) is 24.5 Å². The van der Waals surface area contributed by atoms with E-state index in [4.69, 9.17) is 4.74 Å². The molecule has 0 spiro atoms. The van der Waals surface area contributed by atoms with Crippen molar-refractivity contribution in [3.63, 3.8) is 0 Å². The van der Waals surface area contributed by atoms with Gasteiger partial charge in [0.2, 0.25) is 0 Å². The number of hydrogen-bond donors (Lipinski definition) is 1. The van der Waals surface area contributed by atoms with E-state index in [-0.39, 0.29) is 11.3 Å². The molecule has 1 unspecified atom stereocenters. The first-order chi connectivity index (χ1) is 8.52. The second-order valence-corrected chi connectivity index (χ2v) is 12.7. The molecular weight excluding hydrogens is 409 g/mol. The minimum absolute atomic E-state index is 0.0735. The molecule has 0 amide bonds. The number of nitrogens with zero attached hydrogens (tertiary/aromatic N) is 1. The number of allylic oxidation sites excluding steroid dienone is 1. The van der Waals surface area contributed by atoms with Crippen molar-refractivity contribution in [2.24, 2.45) is 0 Å². The van der Waals surface area contributed by atoms with Crippen LogP contribution in [0.4, 0.5) is 13.2 Å². The Balaban J connectivity index is 2.57. The third kappa shape index (κ3) is 5.28. The van der Waals surface area contributed by atoms with Crippen molar-refractivity contribution in [1.82, 2.24) is 10.2 Å². The number of ether oxygens (including phenoxy) is 1. The lowest BCUT2D eigenvalue weighted by atomic mass is 10.4. The van der Waals surface area contributed by atoms with Crippen molar-refractivity contribution in [3.05, 3.63) is 10.3 Å². The van der Waals surface area contributed by atoms with Crippen LogP contribution in [0.25, 0.3) is 0 Å². The van der Waals surface area contributed by atoms with E-state index in [0.717, 1.165) is 10.9 Å². The molecule has 9 heteroatoms. The van der Waals surface area contributed by atoms with Crippen LogP contribution < -0.4 is 5.32 Å². The van der Waals surface area contributed by atoms with Crippen LogP contribution in [0.5, 0.6) is 0 Å². The quantitative estimate of drug-likeness (QED) is 0.311. The van der Waals surface area contributed by atoms with Crippen molar-refractivity contribution >= 4 is 39.9 Å². The minimum Gasteiger partial charge on any atom is -0.361 e. The monoisotopic (exact) mass is 424 g/mol. The first kappa shape index (κ1) is 17.3. The molecule has 112 valence electrons. The summed E-state index contributed by atoms with van der Waals surface area (Å²) in [7, 11) is -1.23. The van der Waals surface area contributed by atoms with Gasteiger partial charge in [-0.1, -0.05) is 19.6 Å². The zero-order valence-electron chi connectivity index (χ0n) is 10.9. The number of rotatable bonds is 5. The Bertz CT molecular complexity index is 358. The van der Waals surface area contributed by atoms with Gasteiger partial charge in [0.15, 0.2) is 10.8 Å². The number of halogens is 5. The Morgan fingerprint density at radius 2 is 1.95 bits per heavy atom. The molecule has 0 fully saturated rings. The van der Waals surface area contributed by atoms with Crippen LogP contribution in [0.15, 0.2) is 10.3 Å². The summed E-state index contributed by atoms with van der Waals surface area (Å²) in [6.45, 7) is 6.96. The van der Waals surface area contributed by atoms with Gasteiger partial charge in [-0.15, -0.1) is 0 Å². The molecule has 1 aliphatic rings. The van der Waals surface area contributed by atoms with Crippen molar-refractivity contribution in [1.29, 1.82) is 0 Å². The fraction of sp³-hybridized carbons (Fsp3) is 0.800. The van der Waals surface area contributed by atoms with Crippen LogP contribution >= 0.6 is 31.9 Å². The number of hydrogen-bond acceptors (Lipinski definition) is 3. The SMILES string of the molecule is C[Si](C)(C)CCOCN1C(C(F)(F)F)=C(Br)NC1Br. The van der Waals surface area contributed by atoms with Crippen LogP contribution in [-0.2, 0) is 4.74 Å². The summed E-state index contributed by atoms with van der Waals surface area (Å²) in [4.78, 5) is 1.11. The lowest BCUT2D eigenvalue weighted by Crippen LogP contribution is -2.37. The molecule has 0 aromatic rings. The van der Waals surface area contributed by atoms with Crippen LogP contribution in [-0.4, -0.2) is 37.6 Å². The average Bonchev–Trinajstić information content (AvgIpc) is 2.46. The van der Waals surface area contributed by atoms with Gasteiger partial charge in [0.25, 0.3) is 0 Å². The maximum Gasteiger partial charge on any atom is 0.433 e. The van der Waals surface area contributed by atoms with Crippen molar-refractivity contribution in [2.45, 2.75) is 36.9 Å². The molecule has 1 atom stereocenters.